The van der Waals surface area contributed by atoms with Gasteiger partial charge in [0.2, 0.25) is 4.96 Å². The molecule has 2 aromatic heterocycles. The predicted octanol–water partition coefficient (Wildman–Crippen LogP) is 3.78. The second kappa shape index (κ2) is 9.30. The molecule has 154 valence electrons. The summed E-state index contributed by atoms with van der Waals surface area (Å²) in [6.45, 7) is 4.79. The van der Waals surface area contributed by atoms with Crippen LogP contribution in [0.2, 0.25) is 0 Å². The molecule has 6 nitrogen and oxygen atoms in total. The number of hydrogen-bond donors (Lipinski definition) is 0. The Bertz CT molecular complexity index is 1170. The van der Waals surface area contributed by atoms with Crippen molar-refractivity contribution in [2.75, 3.05) is 20.3 Å². The molecule has 0 spiro atoms. The number of aryl methyl sites for hydroxylation is 1. The quantitative estimate of drug-likeness (QED) is 0.434. The summed E-state index contributed by atoms with van der Waals surface area (Å²) in [7, 11) is 1.70. The number of fused-ring (bicyclic) bond motifs is 1. The number of rotatable bonds is 8. The van der Waals surface area contributed by atoms with Crippen LogP contribution >= 0.6 is 11.3 Å². The first kappa shape index (κ1) is 20.4. The Morgan fingerprint density at radius 3 is 2.57 bits per heavy atom. The molecule has 0 N–H and O–H groups in total. The first-order valence-electron chi connectivity index (χ1n) is 9.84. The van der Waals surface area contributed by atoms with Gasteiger partial charge in [-0.25, -0.2) is 4.98 Å². The van der Waals surface area contributed by atoms with Crippen LogP contribution in [0, 0.1) is 6.92 Å². The summed E-state index contributed by atoms with van der Waals surface area (Å²) < 4.78 is 6.66. The highest BCUT2D eigenvalue weighted by Crippen LogP contribution is 2.24. The largest absolute Gasteiger partial charge is 0.383 e. The third-order valence-corrected chi connectivity index (χ3v) is 5.80. The van der Waals surface area contributed by atoms with Crippen molar-refractivity contribution >= 4 is 16.3 Å². The number of ether oxygens (including phenoxy) is 1. The van der Waals surface area contributed by atoms with Crippen molar-refractivity contribution in [3.05, 3.63) is 87.8 Å². The minimum Gasteiger partial charge on any atom is -0.383 e. The minimum absolute atomic E-state index is 0.157. The summed E-state index contributed by atoms with van der Waals surface area (Å²) >= 11 is 1.43. The van der Waals surface area contributed by atoms with Crippen LogP contribution in [0.1, 0.15) is 16.8 Å². The van der Waals surface area contributed by atoms with E-state index < -0.39 is 0 Å². The van der Waals surface area contributed by atoms with Crippen LogP contribution in [0.15, 0.2) is 65.5 Å². The molecule has 0 unspecified atom stereocenters. The van der Waals surface area contributed by atoms with E-state index in [-0.39, 0.29) is 5.56 Å². The maximum atomic E-state index is 12.7. The summed E-state index contributed by atoms with van der Waals surface area (Å²) in [5.74, 6) is 0. The van der Waals surface area contributed by atoms with Crippen LogP contribution in [0.4, 0.5) is 0 Å². The molecular formula is C23H24N4O2S. The molecule has 2 heterocycles. The number of hydrogen-bond acceptors (Lipinski definition) is 6. The van der Waals surface area contributed by atoms with Gasteiger partial charge in [0.05, 0.1) is 12.3 Å². The SMILES string of the molecule is COCCN(Cc1ccc(C)cc1)Cc1cc(=O)n2nc(-c3ccccc3)sc2n1. The Morgan fingerprint density at radius 1 is 1.07 bits per heavy atom. The van der Waals surface area contributed by atoms with E-state index in [1.54, 1.807) is 13.2 Å². The van der Waals surface area contributed by atoms with Crippen molar-refractivity contribution in [2.45, 2.75) is 20.0 Å². The third-order valence-electron chi connectivity index (χ3n) is 4.84. The first-order valence-corrected chi connectivity index (χ1v) is 10.7. The smallest absolute Gasteiger partial charge is 0.275 e. The number of nitrogens with zero attached hydrogens (tertiary/aromatic N) is 4. The average molecular weight is 421 g/mol. The zero-order valence-electron chi connectivity index (χ0n) is 17.1. The maximum absolute atomic E-state index is 12.7. The molecule has 2 aromatic carbocycles. The fourth-order valence-corrected chi connectivity index (χ4v) is 4.18. The highest BCUT2D eigenvalue weighted by Gasteiger charge is 2.13. The van der Waals surface area contributed by atoms with Gasteiger partial charge >= 0.3 is 0 Å². The highest BCUT2D eigenvalue weighted by molar-refractivity contribution is 7.19. The molecule has 0 aliphatic carbocycles. The van der Waals surface area contributed by atoms with Crippen molar-refractivity contribution < 1.29 is 4.74 Å². The van der Waals surface area contributed by atoms with E-state index in [9.17, 15) is 4.79 Å². The lowest BCUT2D eigenvalue weighted by Crippen LogP contribution is -2.28. The lowest BCUT2D eigenvalue weighted by Gasteiger charge is -2.21. The molecule has 7 heteroatoms. The topological polar surface area (TPSA) is 59.7 Å². The molecular weight excluding hydrogens is 396 g/mol. The predicted molar refractivity (Wildman–Crippen MR) is 120 cm³/mol. The summed E-state index contributed by atoms with van der Waals surface area (Å²) in [6, 6.07) is 19.9. The zero-order chi connectivity index (χ0) is 20.9. The number of aromatic nitrogens is 3. The summed E-state index contributed by atoms with van der Waals surface area (Å²) in [5.41, 5.74) is 4.03. The molecule has 0 atom stereocenters. The van der Waals surface area contributed by atoms with Gasteiger partial charge in [-0.15, -0.1) is 0 Å². The van der Waals surface area contributed by atoms with Crippen LogP contribution in [0.3, 0.4) is 0 Å². The molecule has 0 aliphatic heterocycles. The van der Waals surface area contributed by atoms with Crippen molar-refractivity contribution in [1.29, 1.82) is 0 Å². The standard InChI is InChI=1S/C23H24N4O2S/c1-17-8-10-18(11-9-17)15-26(12-13-29-2)16-20-14-21(28)27-23(24-20)30-22(25-27)19-6-4-3-5-7-19/h3-11,14H,12-13,15-16H2,1-2H3. The van der Waals surface area contributed by atoms with Crippen molar-refractivity contribution in [1.82, 2.24) is 19.5 Å². The van der Waals surface area contributed by atoms with Gasteiger partial charge in [-0.05, 0) is 12.5 Å². The molecule has 4 rings (SSSR count). The molecule has 0 saturated heterocycles. The molecule has 4 aromatic rings. The minimum atomic E-state index is -0.157. The van der Waals surface area contributed by atoms with Crippen LogP contribution in [-0.4, -0.2) is 39.8 Å². The lowest BCUT2D eigenvalue weighted by atomic mass is 10.1. The van der Waals surface area contributed by atoms with Crippen LogP contribution < -0.4 is 5.56 Å². The van der Waals surface area contributed by atoms with E-state index >= 15 is 0 Å². The Balaban J connectivity index is 1.59. The summed E-state index contributed by atoms with van der Waals surface area (Å²) in [6.07, 6.45) is 0. The van der Waals surface area contributed by atoms with E-state index in [1.165, 1.54) is 27.0 Å². The molecule has 0 aliphatic rings. The summed E-state index contributed by atoms with van der Waals surface area (Å²) in [4.78, 5) is 20.2. The first-order chi connectivity index (χ1) is 14.6. The molecule has 30 heavy (non-hydrogen) atoms. The molecule has 0 saturated carbocycles. The van der Waals surface area contributed by atoms with E-state index in [2.05, 4.69) is 41.2 Å². The van der Waals surface area contributed by atoms with Crippen LogP contribution in [0.25, 0.3) is 15.5 Å². The van der Waals surface area contributed by atoms with Crippen molar-refractivity contribution in [3.8, 4) is 10.6 Å². The normalized spacial score (nSPS) is 11.4. The van der Waals surface area contributed by atoms with Gasteiger partial charge in [0.1, 0.15) is 5.01 Å². The van der Waals surface area contributed by atoms with Crippen LogP contribution in [0.5, 0.6) is 0 Å². The van der Waals surface area contributed by atoms with Gasteiger partial charge in [0, 0.05) is 38.4 Å². The Labute approximate surface area is 179 Å². The van der Waals surface area contributed by atoms with E-state index in [0.29, 0.717) is 18.1 Å². The van der Waals surface area contributed by atoms with E-state index in [4.69, 9.17) is 9.72 Å². The van der Waals surface area contributed by atoms with Gasteiger partial charge in [-0.1, -0.05) is 71.5 Å². The molecule has 0 amide bonds. The second-order valence-electron chi connectivity index (χ2n) is 7.24. The maximum Gasteiger partial charge on any atom is 0.275 e. The monoisotopic (exact) mass is 420 g/mol. The molecule has 0 fully saturated rings. The zero-order valence-corrected chi connectivity index (χ0v) is 17.9. The molecule has 0 bridgehead atoms. The Morgan fingerprint density at radius 2 is 1.83 bits per heavy atom. The van der Waals surface area contributed by atoms with Crippen LogP contribution in [-0.2, 0) is 17.8 Å². The Kier molecular flexibility index (Phi) is 6.32. The van der Waals surface area contributed by atoms with E-state index in [0.717, 1.165) is 29.4 Å². The van der Waals surface area contributed by atoms with Gasteiger partial charge in [0.15, 0.2) is 0 Å². The van der Waals surface area contributed by atoms with Gasteiger partial charge < -0.3 is 4.74 Å². The second-order valence-corrected chi connectivity index (χ2v) is 8.20. The fraction of sp³-hybridized carbons (Fsp3) is 0.261. The Hall–Kier alpha value is -2.87. The van der Waals surface area contributed by atoms with Gasteiger partial charge in [0.25, 0.3) is 5.56 Å². The average Bonchev–Trinajstić information content (AvgIpc) is 3.19. The molecule has 0 radical (unpaired) electrons. The lowest BCUT2D eigenvalue weighted by molar-refractivity contribution is 0.139. The number of benzene rings is 2. The van der Waals surface area contributed by atoms with Crippen molar-refractivity contribution in [2.24, 2.45) is 0 Å². The fourth-order valence-electron chi connectivity index (χ4n) is 3.25. The summed E-state index contributed by atoms with van der Waals surface area (Å²) in [5, 5.41) is 5.24. The van der Waals surface area contributed by atoms with Gasteiger partial charge in [-0.3, -0.25) is 9.69 Å². The van der Waals surface area contributed by atoms with Gasteiger partial charge in [-0.2, -0.15) is 9.61 Å². The van der Waals surface area contributed by atoms with E-state index in [1.807, 2.05) is 30.3 Å². The highest BCUT2D eigenvalue weighted by atomic mass is 32.1. The van der Waals surface area contributed by atoms with Crippen molar-refractivity contribution in [3.63, 3.8) is 0 Å². The number of methoxy groups -OCH3 is 1. The third kappa shape index (κ3) is 4.81.